The second-order valence-corrected chi connectivity index (χ2v) is 2.98. The van der Waals surface area contributed by atoms with Gasteiger partial charge in [0.25, 0.3) is 5.69 Å². The molecule has 0 aliphatic heterocycles. The summed E-state index contributed by atoms with van der Waals surface area (Å²) >= 11 is 5.56. The van der Waals surface area contributed by atoms with Crippen LogP contribution in [0.2, 0.25) is 5.02 Å². The minimum absolute atomic E-state index is 0.267. The molecule has 0 saturated heterocycles. The van der Waals surface area contributed by atoms with Crippen LogP contribution in [0.1, 0.15) is 17.3 Å². The first-order valence-electron chi connectivity index (χ1n) is 3.62. The van der Waals surface area contributed by atoms with Gasteiger partial charge in [-0.3, -0.25) is 14.9 Å². The highest BCUT2D eigenvalue weighted by Gasteiger charge is 2.22. The molecule has 0 saturated carbocycles. The Morgan fingerprint density at radius 2 is 2.14 bits per heavy atom. The number of aromatic hydroxyl groups is 1. The van der Waals surface area contributed by atoms with Gasteiger partial charge in [0, 0.05) is 6.07 Å². The molecular formula is C8H6ClNO4. The van der Waals surface area contributed by atoms with Gasteiger partial charge in [0.2, 0.25) is 0 Å². The molecule has 0 heterocycles. The highest BCUT2D eigenvalue weighted by Crippen LogP contribution is 2.33. The predicted octanol–water partition coefficient (Wildman–Crippen LogP) is 2.16. The number of hydrogen-bond donors (Lipinski definition) is 1. The van der Waals surface area contributed by atoms with E-state index >= 15 is 0 Å². The number of nitrogens with zero attached hydrogens (tertiary/aromatic N) is 1. The summed E-state index contributed by atoms with van der Waals surface area (Å²) in [4.78, 5) is 20.8. The minimum atomic E-state index is -0.720. The lowest BCUT2D eigenvalue weighted by Crippen LogP contribution is -2.01. The van der Waals surface area contributed by atoms with Gasteiger partial charge < -0.3 is 5.11 Å². The van der Waals surface area contributed by atoms with E-state index in [4.69, 9.17) is 16.7 Å². The molecule has 0 aliphatic carbocycles. The molecule has 1 rings (SSSR count). The van der Waals surface area contributed by atoms with Crippen molar-refractivity contribution in [1.29, 1.82) is 0 Å². The van der Waals surface area contributed by atoms with Gasteiger partial charge in [-0.25, -0.2) is 0 Å². The molecule has 0 amide bonds. The van der Waals surface area contributed by atoms with E-state index in [1.807, 2.05) is 0 Å². The molecule has 1 N–H and O–H groups in total. The SMILES string of the molecule is CC(=O)c1c([N+](=O)[O-])ccc(O)c1Cl. The third-order valence-corrected chi connectivity index (χ3v) is 2.03. The van der Waals surface area contributed by atoms with E-state index in [0.29, 0.717) is 0 Å². The van der Waals surface area contributed by atoms with Crippen molar-refractivity contribution >= 4 is 23.1 Å². The van der Waals surface area contributed by atoms with Gasteiger partial charge in [0.1, 0.15) is 16.3 Å². The summed E-state index contributed by atoms with van der Waals surface area (Å²) < 4.78 is 0. The standard InChI is InChI=1S/C8H6ClNO4/c1-4(11)7-5(10(13)14)2-3-6(12)8(7)9/h2-3,12H,1H3. The van der Waals surface area contributed by atoms with E-state index in [2.05, 4.69) is 0 Å². The third kappa shape index (κ3) is 1.67. The molecule has 1 aromatic carbocycles. The summed E-state index contributed by atoms with van der Waals surface area (Å²) in [5, 5.41) is 19.4. The Balaban J connectivity index is 3.53. The number of nitro groups is 1. The van der Waals surface area contributed by atoms with E-state index in [-0.39, 0.29) is 16.3 Å². The average Bonchev–Trinajstić information content (AvgIpc) is 2.08. The summed E-state index contributed by atoms with van der Waals surface area (Å²) in [5.41, 5.74) is -0.669. The number of halogens is 1. The van der Waals surface area contributed by atoms with E-state index in [9.17, 15) is 14.9 Å². The molecule has 74 valence electrons. The topological polar surface area (TPSA) is 80.4 Å². The van der Waals surface area contributed by atoms with E-state index in [1.54, 1.807) is 0 Å². The molecule has 0 fully saturated rings. The summed E-state index contributed by atoms with van der Waals surface area (Å²) in [6, 6.07) is 2.12. The number of carbonyl (C=O) groups excluding carboxylic acids is 1. The van der Waals surface area contributed by atoms with Gasteiger partial charge in [-0.15, -0.1) is 0 Å². The van der Waals surface area contributed by atoms with E-state index < -0.39 is 16.4 Å². The van der Waals surface area contributed by atoms with Gasteiger partial charge in [0.15, 0.2) is 5.78 Å². The molecular weight excluding hydrogens is 210 g/mol. The first-order chi connectivity index (χ1) is 6.45. The third-order valence-electron chi connectivity index (χ3n) is 1.65. The lowest BCUT2D eigenvalue weighted by molar-refractivity contribution is -0.385. The van der Waals surface area contributed by atoms with Crippen molar-refractivity contribution in [3.8, 4) is 5.75 Å². The molecule has 0 spiro atoms. The van der Waals surface area contributed by atoms with Gasteiger partial charge in [-0.1, -0.05) is 11.6 Å². The van der Waals surface area contributed by atoms with Crippen molar-refractivity contribution in [3.05, 3.63) is 32.8 Å². The number of phenols is 1. The fraction of sp³-hybridized carbons (Fsp3) is 0.125. The number of ketones is 1. The second kappa shape index (κ2) is 3.63. The number of Topliss-reactive ketones (excluding diaryl/α,β-unsaturated/α-hetero) is 1. The zero-order valence-corrected chi connectivity index (χ0v) is 7.91. The van der Waals surface area contributed by atoms with Crippen LogP contribution in [-0.4, -0.2) is 15.8 Å². The number of benzene rings is 1. The van der Waals surface area contributed by atoms with Gasteiger partial charge in [-0.2, -0.15) is 0 Å². The molecule has 5 nitrogen and oxygen atoms in total. The number of carbonyl (C=O) groups is 1. The van der Waals surface area contributed by atoms with Crippen LogP contribution < -0.4 is 0 Å². The Labute approximate surface area is 84.1 Å². The van der Waals surface area contributed by atoms with Crippen molar-refractivity contribution in [2.45, 2.75) is 6.92 Å². The molecule has 14 heavy (non-hydrogen) atoms. The van der Waals surface area contributed by atoms with Crippen LogP contribution in [0, 0.1) is 10.1 Å². The normalized spacial score (nSPS) is 9.86. The number of nitro benzene ring substituents is 1. The highest BCUT2D eigenvalue weighted by molar-refractivity contribution is 6.35. The number of rotatable bonds is 2. The lowest BCUT2D eigenvalue weighted by atomic mass is 10.1. The van der Waals surface area contributed by atoms with Crippen LogP contribution in [0.15, 0.2) is 12.1 Å². The molecule has 0 unspecified atom stereocenters. The largest absolute Gasteiger partial charge is 0.506 e. The second-order valence-electron chi connectivity index (χ2n) is 2.61. The van der Waals surface area contributed by atoms with Crippen molar-refractivity contribution in [3.63, 3.8) is 0 Å². The molecule has 6 heteroatoms. The van der Waals surface area contributed by atoms with Crippen molar-refractivity contribution in [2.75, 3.05) is 0 Å². The van der Waals surface area contributed by atoms with Crippen molar-refractivity contribution < 1.29 is 14.8 Å². The lowest BCUT2D eigenvalue weighted by Gasteiger charge is -2.02. The average molecular weight is 216 g/mol. The molecule has 0 aliphatic rings. The summed E-state index contributed by atoms with van der Waals surface area (Å²) in [7, 11) is 0. The predicted molar refractivity (Wildman–Crippen MR) is 49.8 cm³/mol. The van der Waals surface area contributed by atoms with Gasteiger partial charge in [-0.05, 0) is 13.0 Å². The van der Waals surface area contributed by atoms with Crippen LogP contribution in [-0.2, 0) is 0 Å². The number of phenolic OH excluding ortho intramolecular Hbond substituents is 1. The van der Waals surface area contributed by atoms with E-state index in [1.165, 1.54) is 0 Å². The Bertz CT molecular complexity index is 416. The number of hydrogen-bond acceptors (Lipinski definition) is 4. The maximum atomic E-state index is 11.0. The van der Waals surface area contributed by atoms with Crippen LogP contribution >= 0.6 is 11.6 Å². The van der Waals surface area contributed by atoms with Crippen molar-refractivity contribution in [2.24, 2.45) is 0 Å². The van der Waals surface area contributed by atoms with Crippen molar-refractivity contribution in [1.82, 2.24) is 0 Å². The molecule has 0 atom stereocenters. The summed E-state index contributed by atoms with van der Waals surface area (Å²) in [5.74, 6) is -0.903. The summed E-state index contributed by atoms with van der Waals surface area (Å²) in [6.45, 7) is 1.15. The zero-order valence-electron chi connectivity index (χ0n) is 7.15. The highest BCUT2D eigenvalue weighted by atomic mass is 35.5. The maximum Gasteiger partial charge on any atom is 0.281 e. The quantitative estimate of drug-likeness (QED) is 0.466. The van der Waals surface area contributed by atoms with Crippen LogP contribution in [0.4, 0.5) is 5.69 Å². The van der Waals surface area contributed by atoms with Crippen LogP contribution in [0.3, 0.4) is 0 Å². The first-order valence-corrected chi connectivity index (χ1v) is 3.99. The van der Waals surface area contributed by atoms with Crippen LogP contribution in [0.5, 0.6) is 5.75 Å². The fourth-order valence-electron chi connectivity index (χ4n) is 1.04. The molecule has 1 aromatic rings. The zero-order chi connectivity index (χ0) is 10.9. The van der Waals surface area contributed by atoms with Crippen LogP contribution in [0.25, 0.3) is 0 Å². The summed E-state index contributed by atoms with van der Waals surface area (Å²) in [6.07, 6.45) is 0. The smallest absolute Gasteiger partial charge is 0.281 e. The van der Waals surface area contributed by atoms with E-state index in [0.717, 1.165) is 19.1 Å². The Morgan fingerprint density at radius 1 is 1.57 bits per heavy atom. The molecule has 0 radical (unpaired) electrons. The first kappa shape index (κ1) is 10.5. The van der Waals surface area contributed by atoms with Gasteiger partial charge in [0.05, 0.1) is 4.92 Å². The maximum absolute atomic E-state index is 11.0. The Hall–Kier alpha value is -1.62. The Kier molecular flexibility index (Phi) is 2.71. The Morgan fingerprint density at radius 3 is 2.57 bits per heavy atom. The molecule has 0 bridgehead atoms. The van der Waals surface area contributed by atoms with Gasteiger partial charge >= 0.3 is 0 Å². The molecule has 0 aromatic heterocycles. The minimum Gasteiger partial charge on any atom is -0.506 e. The monoisotopic (exact) mass is 215 g/mol. The fourth-order valence-corrected chi connectivity index (χ4v) is 1.33.